The molecule has 0 aliphatic heterocycles. The topological polar surface area (TPSA) is 47.6 Å². The minimum atomic E-state index is -0.0347. The molecule has 2 aromatic carbocycles. The average molecular weight is 406 g/mol. The van der Waals surface area contributed by atoms with Gasteiger partial charge in [0.2, 0.25) is 5.91 Å². The van der Waals surface area contributed by atoms with Crippen molar-refractivity contribution >= 4 is 27.5 Å². The van der Waals surface area contributed by atoms with Crippen LogP contribution >= 0.6 is 15.9 Å². The van der Waals surface area contributed by atoms with Crippen molar-refractivity contribution in [1.29, 1.82) is 0 Å². The standard InChI is InChI=1S/C20H24BrNO3/c1-14(2)13-25-19-7-5-4-6-17(19)22-20(23)11-9-15-8-10-18(24-3)16(21)12-15/h4-8,10,12,14H,9,11,13H2,1-3H3,(H,22,23). The van der Waals surface area contributed by atoms with Gasteiger partial charge >= 0.3 is 0 Å². The van der Waals surface area contributed by atoms with Crippen molar-refractivity contribution in [2.75, 3.05) is 19.0 Å². The number of aryl methyl sites for hydroxylation is 1. The smallest absolute Gasteiger partial charge is 0.224 e. The van der Waals surface area contributed by atoms with E-state index < -0.39 is 0 Å². The largest absolute Gasteiger partial charge is 0.496 e. The lowest BCUT2D eigenvalue weighted by molar-refractivity contribution is -0.116. The van der Waals surface area contributed by atoms with Gasteiger partial charge in [-0.1, -0.05) is 32.0 Å². The Morgan fingerprint density at radius 3 is 2.60 bits per heavy atom. The second-order valence-corrected chi connectivity index (χ2v) is 7.07. The summed E-state index contributed by atoms with van der Waals surface area (Å²) in [4.78, 5) is 12.3. The van der Waals surface area contributed by atoms with E-state index in [2.05, 4.69) is 35.1 Å². The Morgan fingerprint density at radius 1 is 1.16 bits per heavy atom. The van der Waals surface area contributed by atoms with E-state index >= 15 is 0 Å². The van der Waals surface area contributed by atoms with Crippen LogP contribution in [0.3, 0.4) is 0 Å². The van der Waals surface area contributed by atoms with Gasteiger partial charge in [-0.05, 0) is 58.1 Å². The van der Waals surface area contributed by atoms with E-state index in [1.165, 1.54) is 0 Å². The Hall–Kier alpha value is -2.01. The van der Waals surface area contributed by atoms with E-state index in [4.69, 9.17) is 9.47 Å². The second-order valence-electron chi connectivity index (χ2n) is 6.22. The predicted molar refractivity (Wildman–Crippen MR) is 104 cm³/mol. The molecule has 1 N–H and O–H groups in total. The summed E-state index contributed by atoms with van der Waals surface area (Å²) in [6.45, 7) is 4.80. The third-order valence-electron chi connectivity index (χ3n) is 3.59. The number of halogens is 1. The van der Waals surface area contributed by atoms with E-state index in [0.29, 0.717) is 36.8 Å². The summed E-state index contributed by atoms with van der Waals surface area (Å²) in [7, 11) is 1.63. The Morgan fingerprint density at radius 2 is 1.92 bits per heavy atom. The van der Waals surface area contributed by atoms with Gasteiger partial charge in [0.1, 0.15) is 11.5 Å². The van der Waals surface area contributed by atoms with Gasteiger partial charge in [0.05, 0.1) is 23.9 Å². The fourth-order valence-electron chi connectivity index (χ4n) is 2.29. The summed E-state index contributed by atoms with van der Waals surface area (Å²) in [5.74, 6) is 1.88. The van der Waals surface area contributed by atoms with Crippen LogP contribution in [0.15, 0.2) is 46.9 Å². The number of anilines is 1. The molecule has 25 heavy (non-hydrogen) atoms. The maximum Gasteiger partial charge on any atom is 0.224 e. The first-order valence-electron chi connectivity index (χ1n) is 8.33. The van der Waals surface area contributed by atoms with Gasteiger partial charge in [-0.3, -0.25) is 4.79 Å². The summed E-state index contributed by atoms with van der Waals surface area (Å²) in [6, 6.07) is 13.4. The molecule has 0 fully saturated rings. The van der Waals surface area contributed by atoms with Crippen LogP contribution < -0.4 is 14.8 Å². The first-order valence-corrected chi connectivity index (χ1v) is 9.13. The second kappa shape index (κ2) is 9.47. The molecule has 134 valence electrons. The SMILES string of the molecule is COc1ccc(CCC(=O)Nc2ccccc2OCC(C)C)cc1Br. The normalized spacial score (nSPS) is 10.6. The van der Waals surface area contributed by atoms with Gasteiger partial charge in [0.15, 0.2) is 0 Å². The molecule has 0 aromatic heterocycles. The number of benzene rings is 2. The Bertz CT molecular complexity index is 716. The molecular weight excluding hydrogens is 382 g/mol. The Balaban J connectivity index is 1.93. The summed E-state index contributed by atoms with van der Waals surface area (Å²) in [5.41, 5.74) is 1.79. The van der Waals surface area contributed by atoms with Gasteiger partial charge < -0.3 is 14.8 Å². The maximum absolute atomic E-state index is 12.3. The molecule has 5 heteroatoms. The number of nitrogens with one attached hydrogen (secondary N) is 1. The van der Waals surface area contributed by atoms with Crippen LogP contribution in [0.25, 0.3) is 0 Å². The average Bonchev–Trinajstić information content (AvgIpc) is 2.59. The molecule has 0 heterocycles. The van der Waals surface area contributed by atoms with Gasteiger partial charge in [0, 0.05) is 6.42 Å². The van der Waals surface area contributed by atoms with Crippen molar-refractivity contribution in [3.63, 3.8) is 0 Å². The summed E-state index contributed by atoms with van der Waals surface area (Å²) in [6.07, 6.45) is 1.06. The molecule has 0 aliphatic rings. The first-order chi connectivity index (χ1) is 12.0. The van der Waals surface area contributed by atoms with Crippen LogP contribution in [0.5, 0.6) is 11.5 Å². The number of carbonyl (C=O) groups excluding carboxylic acids is 1. The van der Waals surface area contributed by atoms with E-state index in [9.17, 15) is 4.79 Å². The van der Waals surface area contributed by atoms with Gasteiger partial charge in [0.25, 0.3) is 0 Å². The van der Waals surface area contributed by atoms with Crippen LogP contribution in [-0.4, -0.2) is 19.6 Å². The van der Waals surface area contributed by atoms with E-state index in [0.717, 1.165) is 15.8 Å². The molecule has 0 aliphatic carbocycles. The number of hydrogen-bond donors (Lipinski definition) is 1. The van der Waals surface area contributed by atoms with Crippen molar-refractivity contribution in [2.24, 2.45) is 5.92 Å². The summed E-state index contributed by atoms with van der Waals surface area (Å²) >= 11 is 3.46. The van der Waals surface area contributed by atoms with Crippen molar-refractivity contribution in [2.45, 2.75) is 26.7 Å². The Kier molecular flexibility index (Phi) is 7.31. The highest BCUT2D eigenvalue weighted by Gasteiger charge is 2.09. The number of hydrogen-bond acceptors (Lipinski definition) is 3. The number of amides is 1. The number of para-hydroxylation sites is 2. The molecule has 2 rings (SSSR count). The predicted octanol–water partition coefficient (Wildman–Crippen LogP) is 5.06. The van der Waals surface area contributed by atoms with Crippen LogP contribution in [0.1, 0.15) is 25.8 Å². The zero-order chi connectivity index (χ0) is 18.2. The molecule has 0 bridgehead atoms. The molecule has 2 aromatic rings. The highest BCUT2D eigenvalue weighted by Crippen LogP contribution is 2.27. The van der Waals surface area contributed by atoms with E-state index in [1.54, 1.807) is 7.11 Å². The fraction of sp³-hybridized carbons (Fsp3) is 0.350. The maximum atomic E-state index is 12.3. The van der Waals surface area contributed by atoms with Crippen molar-refractivity contribution in [1.82, 2.24) is 0 Å². The van der Waals surface area contributed by atoms with Crippen molar-refractivity contribution in [3.05, 3.63) is 52.5 Å². The fourth-order valence-corrected chi connectivity index (χ4v) is 2.88. The van der Waals surface area contributed by atoms with Crippen LogP contribution in [-0.2, 0) is 11.2 Å². The molecule has 1 amide bonds. The zero-order valence-electron chi connectivity index (χ0n) is 14.8. The van der Waals surface area contributed by atoms with Crippen molar-refractivity contribution < 1.29 is 14.3 Å². The lowest BCUT2D eigenvalue weighted by Gasteiger charge is -2.14. The molecule has 0 atom stereocenters. The lowest BCUT2D eigenvalue weighted by Crippen LogP contribution is -2.14. The molecule has 0 radical (unpaired) electrons. The monoisotopic (exact) mass is 405 g/mol. The van der Waals surface area contributed by atoms with Crippen LogP contribution in [0.4, 0.5) is 5.69 Å². The van der Waals surface area contributed by atoms with E-state index in [-0.39, 0.29) is 5.91 Å². The summed E-state index contributed by atoms with van der Waals surface area (Å²) in [5, 5.41) is 2.94. The minimum absolute atomic E-state index is 0.0347. The van der Waals surface area contributed by atoms with Crippen LogP contribution in [0, 0.1) is 5.92 Å². The highest BCUT2D eigenvalue weighted by molar-refractivity contribution is 9.10. The molecule has 0 saturated carbocycles. The summed E-state index contributed by atoms with van der Waals surface area (Å²) < 4.78 is 11.9. The van der Waals surface area contributed by atoms with Gasteiger partial charge in [-0.15, -0.1) is 0 Å². The van der Waals surface area contributed by atoms with Gasteiger partial charge in [-0.2, -0.15) is 0 Å². The number of rotatable bonds is 8. The van der Waals surface area contributed by atoms with Gasteiger partial charge in [-0.25, -0.2) is 0 Å². The molecule has 0 saturated heterocycles. The van der Waals surface area contributed by atoms with E-state index in [1.807, 2.05) is 42.5 Å². The van der Waals surface area contributed by atoms with Crippen LogP contribution in [0.2, 0.25) is 0 Å². The Labute approximate surface area is 157 Å². The number of methoxy groups -OCH3 is 1. The lowest BCUT2D eigenvalue weighted by atomic mass is 10.1. The molecule has 4 nitrogen and oxygen atoms in total. The number of ether oxygens (including phenoxy) is 2. The zero-order valence-corrected chi connectivity index (χ0v) is 16.4. The number of carbonyl (C=O) groups is 1. The first kappa shape index (κ1) is 19.3. The minimum Gasteiger partial charge on any atom is -0.496 e. The molecule has 0 unspecified atom stereocenters. The quantitative estimate of drug-likeness (QED) is 0.667. The van der Waals surface area contributed by atoms with Crippen molar-refractivity contribution in [3.8, 4) is 11.5 Å². The highest BCUT2D eigenvalue weighted by atomic mass is 79.9. The molecular formula is C20H24BrNO3. The molecule has 0 spiro atoms. The third kappa shape index (κ3) is 6.09. The third-order valence-corrected chi connectivity index (χ3v) is 4.21.